The van der Waals surface area contributed by atoms with Gasteiger partial charge in [-0.1, -0.05) is 74.5 Å². The number of rotatable bonds is 16. The van der Waals surface area contributed by atoms with Crippen molar-refractivity contribution in [1.82, 2.24) is 9.80 Å². The molecule has 51 heavy (non-hydrogen) atoms. The van der Waals surface area contributed by atoms with Crippen molar-refractivity contribution in [2.24, 2.45) is 28.8 Å². The number of hydrogen-bond donors (Lipinski definition) is 1. The first kappa shape index (κ1) is 36.6. The van der Waals surface area contributed by atoms with Crippen LogP contribution in [0, 0.1) is 23.7 Å². The van der Waals surface area contributed by atoms with E-state index >= 15 is 0 Å². The largest absolute Gasteiger partial charge is 0.469 e. The second-order valence-electron chi connectivity index (χ2n) is 12.6. The lowest BCUT2D eigenvalue weighted by molar-refractivity contribution is -0.175. The van der Waals surface area contributed by atoms with Gasteiger partial charge in [0, 0.05) is 38.3 Å². The molecule has 1 N–H and O–H groups in total. The maximum absolute atomic E-state index is 14.5. The van der Waals surface area contributed by atoms with Crippen LogP contribution in [0.15, 0.2) is 114 Å². The molecule has 0 aliphatic heterocycles. The van der Waals surface area contributed by atoms with Crippen molar-refractivity contribution < 1.29 is 33.8 Å². The van der Waals surface area contributed by atoms with E-state index in [1.807, 2.05) is 123 Å². The number of oxime groups is 1. The van der Waals surface area contributed by atoms with Gasteiger partial charge in [-0.05, 0) is 72.5 Å². The van der Waals surface area contributed by atoms with E-state index < -0.39 is 29.6 Å². The SMILES string of the molecule is CCCN(Cc1ccc(Oc2ccccc2)cc1)C(=O)[C@H]1[C@@H](C(=O)OC)[C@H](C=NO)[C@@H]1C(=O)N(CCC)Cc1ccc(Oc2ccccc2)cc1. The predicted octanol–water partition coefficient (Wildman–Crippen LogP) is 7.56. The van der Waals surface area contributed by atoms with E-state index in [1.54, 1.807) is 9.80 Å². The zero-order valence-corrected chi connectivity index (χ0v) is 29.3. The van der Waals surface area contributed by atoms with Crippen LogP contribution in [0.5, 0.6) is 23.0 Å². The smallest absolute Gasteiger partial charge is 0.310 e. The molecule has 1 aliphatic rings. The van der Waals surface area contributed by atoms with Crippen molar-refractivity contribution in [2.75, 3.05) is 20.2 Å². The number of carbonyl (C=O) groups excluding carboxylic acids is 3. The van der Waals surface area contributed by atoms with Crippen LogP contribution in [-0.2, 0) is 32.2 Å². The van der Waals surface area contributed by atoms with Gasteiger partial charge in [0.15, 0.2) is 0 Å². The van der Waals surface area contributed by atoms with Crippen LogP contribution in [0.2, 0.25) is 0 Å². The summed E-state index contributed by atoms with van der Waals surface area (Å²) in [5.74, 6) is -2.20. The number of nitrogens with zero attached hydrogens (tertiary/aromatic N) is 3. The lowest BCUT2D eigenvalue weighted by Gasteiger charge is -2.49. The highest BCUT2D eigenvalue weighted by atomic mass is 16.5. The maximum Gasteiger partial charge on any atom is 0.310 e. The Labute approximate surface area is 299 Å². The Balaban J connectivity index is 1.36. The van der Waals surface area contributed by atoms with Crippen LogP contribution < -0.4 is 9.47 Å². The number of amides is 2. The molecule has 10 nitrogen and oxygen atoms in total. The molecule has 2 amide bonds. The van der Waals surface area contributed by atoms with Gasteiger partial charge in [0.25, 0.3) is 0 Å². The van der Waals surface area contributed by atoms with Crippen molar-refractivity contribution in [1.29, 1.82) is 0 Å². The van der Waals surface area contributed by atoms with Gasteiger partial charge in [0.2, 0.25) is 11.8 Å². The van der Waals surface area contributed by atoms with Gasteiger partial charge in [0.1, 0.15) is 23.0 Å². The lowest BCUT2D eigenvalue weighted by Crippen LogP contribution is -2.63. The Bertz CT molecular complexity index is 1750. The summed E-state index contributed by atoms with van der Waals surface area (Å²) in [6.07, 6.45) is 2.53. The van der Waals surface area contributed by atoms with Crippen molar-refractivity contribution in [3.63, 3.8) is 0 Å². The topological polar surface area (TPSA) is 118 Å². The van der Waals surface area contributed by atoms with Gasteiger partial charge in [-0.3, -0.25) is 14.4 Å². The van der Waals surface area contributed by atoms with Crippen LogP contribution in [0.3, 0.4) is 0 Å². The Kier molecular flexibility index (Phi) is 12.8. The van der Waals surface area contributed by atoms with Crippen molar-refractivity contribution in [2.45, 2.75) is 39.8 Å². The first-order chi connectivity index (χ1) is 24.9. The Morgan fingerprint density at radius 2 is 1.04 bits per heavy atom. The number of methoxy groups -OCH3 is 1. The molecule has 1 fully saturated rings. The molecule has 4 aromatic rings. The number of para-hydroxylation sites is 2. The molecule has 4 aromatic carbocycles. The number of ether oxygens (including phenoxy) is 3. The molecular formula is C41H45N3O7. The van der Waals surface area contributed by atoms with Crippen molar-refractivity contribution in [3.8, 4) is 23.0 Å². The molecule has 4 atom stereocenters. The third kappa shape index (κ3) is 9.13. The molecule has 1 aliphatic carbocycles. The summed E-state index contributed by atoms with van der Waals surface area (Å²) in [5.41, 5.74) is 1.75. The number of benzene rings is 4. The molecule has 266 valence electrons. The Morgan fingerprint density at radius 1 is 0.627 bits per heavy atom. The minimum absolute atomic E-state index is 0.276. The first-order valence-electron chi connectivity index (χ1n) is 17.3. The fourth-order valence-corrected chi connectivity index (χ4v) is 6.62. The average Bonchev–Trinajstić information content (AvgIpc) is 3.15. The summed E-state index contributed by atoms with van der Waals surface area (Å²) >= 11 is 0. The fraction of sp³-hybridized carbons (Fsp3) is 0.317. The summed E-state index contributed by atoms with van der Waals surface area (Å²) in [4.78, 5) is 45.4. The van der Waals surface area contributed by atoms with E-state index in [-0.39, 0.29) is 24.9 Å². The van der Waals surface area contributed by atoms with E-state index in [0.29, 0.717) is 37.4 Å². The molecule has 0 aromatic heterocycles. The van der Waals surface area contributed by atoms with Crippen LogP contribution in [0.4, 0.5) is 0 Å². The molecule has 1 saturated carbocycles. The standard InChI is InChI=1S/C41H45N3O7/c1-4-24-43(27-29-16-20-33(21-17-29)50-31-12-8-6-9-13-31)39(45)36-35(26-42-48)37(41(47)49-3)38(36)40(46)44(25-5-2)28-30-18-22-34(23-19-30)51-32-14-10-7-11-15-32/h6-23,26,35-38,48H,4-5,24-25,27-28H2,1-3H3/t35-,36+,37+,38-/m1/s1. The highest BCUT2D eigenvalue weighted by molar-refractivity contribution is 5.98. The molecule has 5 rings (SSSR count). The maximum atomic E-state index is 14.5. The van der Waals surface area contributed by atoms with Gasteiger partial charge in [-0.15, -0.1) is 5.16 Å². The molecule has 0 heterocycles. The van der Waals surface area contributed by atoms with Crippen LogP contribution in [-0.4, -0.2) is 59.2 Å². The molecule has 0 saturated heterocycles. The number of hydrogen-bond acceptors (Lipinski definition) is 8. The monoisotopic (exact) mass is 691 g/mol. The minimum atomic E-state index is -0.999. The Morgan fingerprint density at radius 3 is 1.43 bits per heavy atom. The van der Waals surface area contributed by atoms with Gasteiger partial charge in [-0.2, -0.15) is 0 Å². The second kappa shape index (κ2) is 17.8. The summed E-state index contributed by atoms with van der Waals surface area (Å²) < 4.78 is 17.0. The minimum Gasteiger partial charge on any atom is -0.469 e. The van der Waals surface area contributed by atoms with Crippen LogP contribution in [0.25, 0.3) is 0 Å². The second-order valence-corrected chi connectivity index (χ2v) is 12.6. The normalized spacial score (nSPS) is 18.0. The molecule has 0 unspecified atom stereocenters. The van der Waals surface area contributed by atoms with Crippen molar-refractivity contribution >= 4 is 24.0 Å². The summed E-state index contributed by atoms with van der Waals surface area (Å²) in [7, 11) is 1.25. The predicted molar refractivity (Wildman–Crippen MR) is 194 cm³/mol. The first-order valence-corrected chi connectivity index (χ1v) is 17.3. The molecule has 0 radical (unpaired) electrons. The zero-order valence-electron chi connectivity index (χ0n) is 29.3. The Hall–Kier alpha value is -5.64. The van der Waals surface area contributed by atoms with E-state index in [1.165, 1.54) is 13.3 Å². The molecule has 0 bridgehead atoms. The van der Waals surface area contributed by atoms with E-state index in [0.717, 1.165) is 22.6 Å². The number of esters is 1. The highest BCUT2D eigenvalue weighted by Crippen LogP contribution is 2.48. The summed E-state index contributed by atoms with van der Waals surface area (Å²) in [6.45, 7) is 5.36. The zero-order chi connectivity index (χ0) is 36.2. The van der Waals surface area contributed by atoms with Crippen LogP contribution in [0.1, 0.15) is 37.8 Å². The molecule has 0 spiro atoms. The molecule has 10 heteroatoms. The molecular weight excluding hydrogens is 646 g/mol. The van der Waals surface area contributed by atoms with E-state index in [2.05, 4.69) is 5.16 Å². The van der Waals surface area contributed by atoms with Crippen LogP contribution >= 0.6 is 0 Å². The third-order valence-electron chi connectivity index (χ3n) is 9.05. The van der Waals surface area contributed by atoms with E-state index in [4.69, 9.17) is 14.2 Å². The highest BCUT2D eigenvalue weighted by Gasteiger charge is 2.61. The van der Waals surface area contributed by atoms with E-state index in [9.17, 15) is 19.6 Å². The lowest BCUT2D eigenvalue weighted by atomic mass is 9.55. The fourth-order valence-electron chi connectivity index (χ4n) is 6.62. The quantitative estimate of drug-likeness (QED) is 0.0558. The van der Waals surface area contributed by atoms with Crippen molar-refractivity contribution in [3.05, 3.63) is 120 Å². The van der Waals surface area contributed by atoms with Gasteiger partial charge < -0.3 is 29.2 Å². The summed E-state index contributed by atoms with van der Waals surface area (Å²) in [6, 6.07) is 33.9. The summed E-state index contributed by atoms with van der Waals surface area (Å²) in [5, 5.41) is 12.8. The average molecular weight is 692 g/mol. The third-order valence-corrected chi connectivity index (χ3v) is 9.05. The van der Waals surface area contributed by atoms with Gasteiger partial charge in [-0.25, -0.2) is 0 Å². The van der Waals surface area contributed by atoms with Gasteiger partial charge in [0.05, 0.1) is 24.9 Å². The van der Waals surface area contributed by atoms with Gasteiger partial charge >= 0.3 is 5.97 Å². The number of carbonyl (C=O) groups is 3.